The van der Waals surface area contributed by atoms with Gasteiger partial charge in [0.2, 0.25) is 0 Å². The van der Waals surface area contributed by atoms with Gasteiger partial charge >= 0.3 is 0 Å². The lowest BCUT2D eigenvalue weighted by Gasteiger charge is -2.27. The smallest absolute Gasteiger partial charge is 0.258 e. The van der Waals surface area contributed by atoms with Crippen molar-refractivity contribution in [2.24, 2.45) is 0 Å². The summed E-state index contributed by atoms with van der Waals surface area (Å²) >= 11 is 1.75. The van der Waals surface area contributed by atoms with Gasteiger partial charge in [0.1, 0.15) is 18.5 Å². The minimum Gasteiger partial charge on any atom is -0.486 e. The van der Waals surface area contributed by atoms with Crippen molar-refractivity contribution in [3.05, 3.63) is 77.7 Å². The number of fused-ring (bicyclic) bond motifs is 2. The number of benzene rings is 3. The molecule has 1 fully saturated rings. The number of thiophene rings is 1. The number of rotatable bonds is 8. The fourth-order valence-electron chi connectivity index (χ4n) is 4.80. The van der Waals surface area contributed by atoms with Crippen LogP contribution in [0, 0.1) is 0 Å². The monoisotopic (exact) mass is 530 g/mol. The number of carbonyl (C=O) groups is 1. The molecule has 2 aliphatic heterocycles. The molecule has 0 radical (unpaired) electrons. The Morgan fingerprint density at radius 2 is 1.84 bits per heavy atom. The van der Waals surface area contributed by atoms with Gasteiger partial charge in [-0.2, -0.15) is 0 Å². The molecule has 3 aromatic carbocycles. The van der Waals surface area contributed by atoms with Crippen molar-refractivity contribution in [2.75, 3.05) is 46.1 Å². The normalized spacial score (nSPS) is 17.3. The summed E-state index contributed by atoms with van der Waals surface area (Å²) in [6, 6.07) is 22.3. The van der Waals surface area contributed by atoms with E-state index in [0.717, 1.165) is 55.5 Å². The summed E-state index contributed by atoms with van der Waals surface area (Å²) in [6.45, 7) is 4.61. The van der Waals surface area contributed by atoms with Crippen molar-refractivity contribution in [3.63, 3.8) is 0 Å². The Kier molecular flexibility index (Phi) is 7.44. The predicted octanol–water partition coefficient (Wildman–Crippen LogP) is 4.74. The second kappa shape index (κ2) is 11.4. The first kappa shape index (κ1) is 24.7. The summed E-state index contributed by atoms with van der Waals surface area (Å²) in [5, 5.41) is 6.37. The number of carbonyl (C=O) groups excluding carboxylic acids is 1. The van der Waals surface area contributed by atoms with Crippen molar-refractivity contribution < 1.29 is 23.7 Å². The second-order valence-electron chi connectivity index (χ2n) is 9.45. The molecule has 1 amide bonds. The Labute approximate surface area is 225 Å². The number of morpholine rings is 1. The number of hydrogen-bond donors (Lipinski definition) is 1. The molecule has 0 spiro atoms. The highest BCUT2D eigenvalue weighted by Crippen LogP contribution is 2.36. The van der Waals surface area contributed by atoms with Crippen LogP contribution in [0.2, 0.25) is 0 Å². The highest BCUT2D eigenvalue weighted by Gasteiger charge is 2.21. The summed E-state index contributed by atoms with van der Waals surface area (Å²) in [4.78, 5) is 15.0. The van der Waals surface area contributed by atoms with Crippen LogP contribution in [0.25, 0.3) is 21.2 Å². The minimum absolute atomic E-state index is 0.0684. The first-order valence-electron chi connectivity index (χ1n) is 12.9. The summed E-state index contributed by atoms with van der Waals surface area (Å²) in [7, 11) is 0. The third-order valence-electron chi connectivity index (χ3n) is 6.80. The van der Waals surface area contributed by atoms with E-state index in [4.69, 9.17) is 18.9 Å². The van der Waals surface area contributed by atoms with Gasteiger partial charge in [0.05, 0.1) is 19.8 Å². The Morgan fingerprint density at radius 3 is 2.74 bits per heavy atom. The Balaban J connectivity index is 1.13. The number of hydrogen-bond acceptors (Lipinski definition) is 7. The van der Waals surface area contributed by atoms with E-state index >= 15 is 0 Å². The fourth-order valence-corrected chi connectivity index (χ4v) is 5.77. The van der Waals surface area contributed by atoms with Crippen LogP contribution in [0.15, 0.2) is 72.1 Å². The molecular formula is C30H30N2O5S. The lowest BCUT2D eigenvalue weighted by Crippen LogP contribution is -2.42. The van der Waals surface area contributed by atoms with E-state index in [1.54, 1.807) is 11.3 Å². The number of nitrogens with zero attached hydrogens (tertiary/aromatic N) is 1. The summed E-state index contributed by atoms with van der Waals surface area (Å²) < 4.78 is 24.5. The van der Waals surface area contributed by atoms with Gasteiger partial charge in [-0.05, 0) is 41.3 Å². The molecule has 0 unspecified atom stereocenters. The molecule has 1 aromatic heterocycles. The van der Waals surface area contributed by atoms with E-state index in [0.29, 0.717) is 18.9 Å². The maximum Gasteiger partial charge on any atom is 0.258 e. The van der Waals surface area contributed by atoms with Gasteiger partial charge in [-0.3, -0.25) is 9.69 Å². The molecule has 3 heterocycles. The topological polar surface area (TPSA) is 69.3 Å². The third-order valence-corrected chi connectivity index (χ3v) is 7.77. The Bertz CT molecular complexity index is 1410. The summed E-state index contributed by atoms with van der Waals surface area (Å²) in [5.74, 6) is 1.95. The number of ether oxygens (including phenoxy) is 4. The Morgan fingerprint density at radius 1 is 1.03 bits per heavy atom. The number of amides is 1. The molecule has 8 heteroatoms. The fraction of sp³-hybridized carbons (Fsp3) is 0.300. The van der Waals surface area contributed by atoms with E-state index in [1.807, 2.05) is 30.3 Å². The standard InChI is InChI=1S/C30H30N2O5S/c33-30(31-16-23-18-35-27-6-2-3-7-28(27)37-23)19-36-26-10-9-21(15-22(26)17-32-11-13-34-14-12-32)25-20-38-29-8-4-1-5-24(25)29/h1-10,15,20,23H,11-14,16-19H2,(H,31,33)/t23-/m0/s1. The van der Waals surface area contributed by atoms with Gasteiger partial charge in [0, 0.05) is 40.8 Å². The molecule has 4 aromatic rings. The summed E-state index contributed by atoms with van der Waals surface area (Å²) in [5.41, 5.74) is 3.43. The molecule has 1 atom stereocenters. The van der Waals surface area contributed by atoms with Crippen LogP contribution in [0.5, 0.6) is 17.2 Å². The zero-order valence-corrected chi connectivity index (χ0v) is 21.9. The average molecular weight is 531 g/mol. The predicted molar refractivity (Wildman–Crippen MR) is 148 cm³/mol. The van der Waals surface area contributed by atoms with Crippen LogP contribution in [-0.4, -0.2) is 63.0 Å². The van der Waals surface area contributed by atoms with Crippen LogP contribution >= 0.6 is 11.3 Å². The van der Waals surface area contributed by atoms with Gasteiger partial charge in [0.25, 0.3) is 5.91 Å². The quantitative estimate of drug-likeness (QED) is 0.355. The van der Waals surface area contributed by atoms with Crippen LogP contribution in [0.3, 0.4) is 0 Å². The maximum absolute atomic E-state index is 12.6. The van der Waals surface area contributed by atoms with Crippen molar-refractivity contribution >= 4 is 27.3 Å². The van der Waals surface area contributed by atoms with Crippen LogP contribution in [0.1, 0.15) is 5.56 Å². The zero-order chi connectivity index (χ0) is 25.7. The van der Waals surface area contributed by atoms with Crippen molar-refractivity contribution in [2.45, 2.75) is 12.6 Å². The molecule has 2 aliphatic rings. The van der Waals surface area contributed by atoms with Crippen molar-refractivity contribution in [1.29, 1.82) is 0 Å². The minimum atomic E-state index is -0.245. The van der Waals surface area contributed by atoms with Gasteiger partial charge in [-0.15, -0.1) is 11.3 Å². The summed E-state index contributed by atoms with van der Waals surface area (Å²) in [6.07, 6.45) is -0.245. The number of para-hydroxylation sites is 2. The highest BCUT2D eigenvalue weighted by atomic mass is 32.1. The molecule has 196 valence electrons. The van der Waals surface area contributed by atoms with Gasteiger partial charge in [0.15, 0.2) is 18.1 Å². The molecule has 6 rings (SSSR count). The average Bonchev–Trinajstić information content (AvgIpc) is 3.40. The van der Waals surface area contributed by atoms with E-state index in [-0.39, 0.29) is 18.6 Å². The van der Waals surface area contributed by atoms with Crippen molar-refractivity contribution in [1.82, 2.24) is 10.2 Å². The molecular weight excluding hydrogens is 500 g/mol. The SMILES string of the molecule is O=C(COc1ccc(-c2csc3ccccc23)cc1CN1CCOCC1)NC[C@H]1COc2ccccc2O1. The zero-order valence-electron chi connectivity index (χ0n) is 21.1. The lowest BCUT2D eigenvalue weighted by atomic mass is 10.0. The molecule has 1 N–H and O–H groups in total. The molecule has 1 saturated heterocycles. The van der Waals surface area contributed by atoms with Crippen LogP contribution < -0.4 is 19.5 Å². The van der Waals surface area contributed by atoms with Gasteiger partial charge < -0.3 is 24.3 Å². The van der Waals surface area contributed by atoms with Crippen molar-refractivity contribution in [3.8, 4) is 28.4 Å². The third kappa shape index (κ3) is 5.62. The van der Waals surface area contributed by atoms with Gasteiger partial charge in [-0.25, -0.2) is 0 Å². The van der Waals surface area contributed by atoms with Crippen LogP contribution in [0.4, 0.5) is 0 Å². The molecule has 0 aliphatic carbocycles. The van der Waals surface area contributed by atoms with Gasteiger partial charge in [-0.1, -0.05) is 36.4 Å². The Hall–Kier alpha value is -3.59. The maximum atomic E-state index is 12.6. The first-order chi connectivity index (χ1) is 18.7. The molecule has 7 nitrogen and oxygen atoms in total. The van der Waals surface area contributed by atoms with Crippen LogP contribution in [-0.2, 0) is 16.1 Å². The highest BCUT2D eigenvalue weighted by molar-refractivity contribution is 7.17. The lowest BCUT2D eigenvalue weighted by molar-refractivity contribution is -0.123. The number of nitrogens with one attached hydrogen (secondary N) is 1. The second-order valence-corrected chi connectivity index (χ2v) is 10.4. The molecule has 0 bridgehead atoms. The first-order valence-corrected chi connectivity index (χ1v) is 13.8. The largest absolute Gasteiger partial charge is 0.486 e. The van der Waals surface area contributed by atoms with E-state index < -0.39 is 0 Å². The molecule has 0 saturated carbocycles. The van der Waals surface area contributed by atoms with E-state index in [1.165, 1.54) is 15.6 Å². The molecule has 38 heavy (non-hydrogen) atoms. The van der Waals surface area contributed by atoms with E-state index in [9.17, 15) is 4.79 Å². The van der Waals surface area contributed by atoms with E-state index in [2.05, 4.69) is 52.0 Å².